The van der Waals surface area contributed by atoms with Crippen molar-refractivity contribution in [1.29, 1.82) is 0 Å². The van der Waals surface area contributed by atoms with Crippen molar-refractivity contribution in [3.05, 3.63) is 11.6 Å². The van der Waals surface area contributed by atoms with E-state index in [1.54, 1.807) is 5.57 Å². The molecule has 0 aromatic carbocycles. The lowest BCUT2D eigenvalue weighted by Crippen LogP contribution is -2.57. The zero-order valence-corrected chi connectivity index (χ0v) is 23.0. The van der Waals surface area contributed by atoms with E-state index in [-0.39, 0.29) is 11.9 Å². The van der Waals surface area contributed by atoms with Crippen molar-refractivity contribution in [2.45, 2.75) is 128 Å². The molecule has 1 saturated carbocycles. The number of carbonyl (C=O) groups is 2. The Morgan fingerprint density at radius 3 is 2.44 bits per heavy atom. The Labute approximate surface area is 219 Å². The second kappa shape index (κ2) is 12.4. The zero-order chi connectivity index (χ0) is 25.6. The fourth-order valence-electron chi connectivity index (χ4n) is 7.14. The van der Waals surface area contributed by atoms with E-state index >= 15 is 0 Å². The molecule has 36 heavy (non-hydrogen) atoms. The van der Waals surface area contributed by atoms with Crippen molar-refractivity contribution in [2.75, 3.05) is 26.2 Å². The predicted octanol–water partition coefficient (Wildman–Crippen LogP) is 5.79. The summed E-state index contributed by atoms with van der Waals surface area (Å²) >= 11 is 0. The number of allylic oxidation sites excluding steroid dienone is 2. The number of likely N-dealkylation sites (tertiary alicyclic amines) is 1. The minimum Gasteiger partial charge on any atom is -0.390 e. The summed E-state index contributed by atoms with van der Waals surface area (Å²) < 4.78 is 0. The number of aliphatic hydroxyl groups is 1. The number of rotatable bonds is 11. The first-order chi connectivity index (χ1) is 17.2. The number of nitrogens with zero attached hydrogens (tertiary/aromatic N) is 2. The van der Waals surface area contributed by atoms with Gasteiger partial charge in [0, 0.05) is 26.2 Å². The standard InChI is InChI=1S/C30H51N3O3/c1-29(2,36)17-8-12-25-13-15-26(16-14-25)23-32-21-18-30(19-22-32)27(34)31-28(35)33(30)20-7-6-11-24-9-4-3-5-10-24/h13,24,26,36H,3-12,14-23H2,1-2H3,(H,31,34,35). The fourth-order valence-corrected chi connectivity index (χ4v) is 7.14. The first kappa shape index (κ1) is 27.6. The van der Waals surface area contributed by atoms with Crippen LogP contribution in [0.1, 0.15) is 117 Å². The number of nitrogens with one attached hydrogen (secondary N) is 1. The zero-order valence-electron chi connectivity index (χ0n) is 23.0. The second-order valence-corrected chi connectivity index (χ2v) is 12.9. The lowest BCUT2D eigenvalue weighted by Gasteiger charge is -2.43. The number of carbonyl (C=O) groups excluding carboxylic acids is 2. The van der Waals surface area contributed by atoms with Gasteiger partial charge in [-0.3, -0.25) is 10.1 Å². The van der Waals surface area contributed by atoms with Crippen molar-refractivity contribution in [1.82, 2.24) is 15.1 Å². The maximum Gasteiger partial charge on any atom is 0.325 e. The highest BCUT2D eigenvalue weighted by Gasteiger charge is 2.53. The third kappa shape index (κ3) is 7.34. The summed E-state index contributed by atoms with van der Waals surface area (Å²) in [5.41, 5.74) is 0.390. The van der Waals surface area contributed by atoms with E-state index in [4.69, 9.17) is 0 Å². The molecule has 2 aliphatic carbocycles. The molecule has 0 aromatic rings. The molecule has 6 heteroatoms. The highest BCUT2D eigenvalue weighted by molar-refractivity contribution is 6.07. The monoisotopic (exact) mass is 501 g/mol. The number of imide groups is 1. The topological polar surface area (TPSA) is 72.9 Å². The Hall–Kier alpha value is -1.40. The molecule has 6 nitrogen and oxygen atoms in total. The van der Waals surface area contributed by atoms with Gasteiger partial charge < -0.3 is 14.9 Å². The molecule has 0 bridgehead atoms. The Balaban J connectivity index is 1.19. The van der Waals surface area contributed by atoms with Crippen molar-refractivity contribution < 1.29 is 14.7 Å². The lowest BCUT2D eigenvalue weighted by atomic mass is 9.83. The largest absolute Gasteiger partial charge is 0.390 e. The van der Waals surface area contributed by atoms with Gasteiger partial charge in [0.15, 0.2) is 0 Å². The van der Waals surface area contributed by atoms with E-state index in [9.17, 15) is 14.7 Å². The number of amides is 3. The maximum atomic E-state index is 12.9. The molecule has 2 aliphatic heterocycles. The Morgan fingerprint density at radius 2 is 1.78 bits per heavy atom. The van der Waals surface area contributed by atoms with Crippen LogP contribution in [-0.4, -0.2) is 64.2 Å². The molecule has 2 N–H and O–H groups in total. The summed E-state index contributed by atoms with van der Waals surface area (Å²) in [6.45, 7) is 7.40. The average Bonchev–Trinajstić information content (AvgIpc) is 3.07. The van der Waals surface area contributed by atoms with E-state index in [1.165, 1.54) is 57.8 Å². The molecular weight excluding hydrogens is 450 g/mol. The number of piperidine rings is 1. The quantitative estimate of drug-likeness (QED) is 0.213. The summed E-state index contributed by atoms with van der Waals surface area (Å²) in [5.74, 6) is 1.51. The van der Waals surface area contributed by atoms with Gasteiger partial charge in [-0.2, -0.15) is 0 Å². The highest BCUT2D eigenvalue weighted by atomic mass is 16.3. The van der Waals surface area contributed by atoms with Crippen LogP contribution in [0.2, 0.25) is 0 Å². The molecule has 204 valence electrons. The molecule has 3 amide bonds. The number of hydrogen-bond donors (Lipinski definition) is 2. The molecule has 0 aromatic heterocycles. The van der Waals surface area contributed by atoms with Crippen LogP contribution >= 0.6 is 0 Å². The van der Waals surface area contributed by atoms with E-state index in [2.05, 4.69) is 16.3 Å². The minimum atomic E-state index is -0.613. The van der Waals surface area contributed by atoms with Gasteiger partial charge in [0.05, 0.1) is 5.60 Å². The van der Waals surface area contributed by atoms with Gasteiger partial charge in [-0.1, -0.05) is 56.6 Å². The Kier molecular flexibility index (Phi) is 9.54. The van der Waals surface area contributed by atoms with Crippen molar-refractivity contribution in [3.8, 4) is 0 Å². The second-order valence-electron chi connectivity index (χ2n) is 12.9. The van der Waals surface area contributed by atoms with E-state index in [1.807, 2.05) is 18.7 Å². The summed E-state index contributed by atoms with van der Waals surface area (Å²) in [5, 5.41) is 12.6. The molecule has 2 saturated heterocycles. The van der Waals surface area contributed by atoms with Crippen molar-refractivity contribution in [2.24, 2.45) is 11.8 Å². The van der Waals surface area contributed by atoms with Crippen LogP contribution in [0, 0.1) is 11.8 Å². The molecule has 1 spiro atoms. The number of unbranched alkanes of at least 4 members (excludes halogenated alkanes) is 1. The van der Waals surface area contributed by atoms with Crippen LogP contribution < -0.4 is 5.32 Å². The summed E-state index contributed by atoms with van der Waals surface area (Å²) in [4.78, 5) is 30.0. The first-order valence-corrected chi connectivity index (χ1v) is 15.0. The molecule has 4 rings (SSSR count). The average molecular weight is 502 g/mol. The van der Waals surface area contributed by atoms with Crippen LogP contribution in [0.15, 0.2) is 11.6 Å². The molecule has 2 heterocycles. The molecule has 1 unspecified atom stereocenters. The van der Waals surface area contributed by atoms with Gasteiger partial charge in [-0.25, -0.2) is 4.79 Å². The normalized spacial score (nSPS) is 25.9. The van der Waals surface area contributed by atoms with E-state index in [0.29, 0.717) is 12.5 Å². The Morgan fingerprint density at radius 1 is 1.03 bits per heavy atom. The van der Waals surface area contributed by atoms with Gasteiger partial charge >= 0.3 is 6.03 Å². The highest BCUT2D eigenvalue weighted by Crippen LogP contribution is 2.36. The predicted molar refractivity (Wildman–Crippen MR) is 145 cm³/mol. The van der Waals surface area contributed by atoms with Gasteiger partial charge in [-0.15, -0.1) is 0 Å². The van der Waals surface area contributed by atoms with Crippen LogP contribution in [-0.2, 0) is 4.79 Å². The molecule has 1 atom stereocenters. The van der Waals surface area contributed by atoms with Gasteiger partial charge in [0.2, 0.25) is 0 Å². The molecule has 3 fully saturated rings. The smallest absolute Gasteiger partial charge is 0.325 e. The van der Waals surface area contributed by atoms with E-state index in [0.717, 1.165) is 70.5 Å². The van der Waals surface area contributed by atoms with E-state index < -0.39 is 11.1 Å². The van der Waals surface area contributed by atoms with Crippen molar-refractivity contribution in [3.63, 3.8) is 0 Å². The van der Waals surface area contributed by atoms with Crippen LogP contribution in [0.25, 0.3) is 0 Å². The molecule has 0 radical (unpaired) electrons. The van der Waals surface area contributed by atoms with Gasteiger partial charge in [0.25, 0.3) is 5.91 Å². The lowest BCUT2D eigenvalue weighted by molar-refractivity contribution is -0.129. The maximum absolute atomic E-state index is 12.9. The van der Waals surface area contributed by atoms with Crippen LogP contribution in [0.5, 0.6) is 0 Å². The number of hydrogen-bond acceptors (Lipinski definition) is 4. The minimum absolute atomic E-state index is 0.0595. The molecule has 4 aliphatic rings. The van der Waals surface area contributed by atoms with Crippen molar-refractivity contribution >= 4 is 11.9 Å². The summed E-state index contributed by atoms with van der Waals surface area (Å²) in [6, 6.07) is -0.166. The SMILES string of the molecule is CC(C)(O)CCCC1=CCC(CN2CCC3(CC2)C(=O)NC(=O)N3CCCCC2CCCCC2)CC1. The fraction of sp³-hybridized carbons (Fsp3) is 0.867. The first-order valence-electron chi connectivity index (χ1n) is 15.0. The molecular formula is C30H51N3O3. The summed E-state index contributed by atoms with van der Waals surface area (Å²) in [6.07, 6.45) is 20.9. The van der Waals surface area contributed by atoms with Crippen LogP contribution in [0.3, 0.4) is 0 Å². The third-order valence-electron chi connectivity index (χ3n) is 9.47. The van der Waals surface area contributed by atoms with Gasteiger partial charge in [-0.05, 0) is 83.5 Å². The number of urea groups is 1. The third-order valence-corrected chi connectivity index (χ3v) is 9.47. The van der Waals surface area contributed by atoms with Gasteiger partial charge in [0.1, 0.15) is 5.54 Å². The summed E-state index contributed by atoms with van der Waals surface area (Å²) in [7, 11) is 0. The Bertz CT molecular complexity index is 773. The van der Waals surface area contributed by atoms with Crippen LogP contribution in [0.4, 0.5) is 4.79 Å².